The highest BCUT2D eigenvalue weighted by molar-refractivity contribution is 5.91. The molecule has 2 aliphatic rings. The predicted octanol–water partition coefficient (Wildman–Crippen LogP) is 2.84. The largest absolute Gasteiger partial charge is 0.495 e. The van der Waals surface area contributed by atoms with Gasteiger partial charge in [0.1, 0.15) is 11.8 Å². The number of methoxy groups -OCH3 is 1. The molecule has 2 saturated heterocycles. The van der Waals surface area contributed by atoms with Gasteiger partial charge in [-0.25, -0.2) is 0 Å². The van der Waals surface area contributed by atoms with E-state index >= 15 is 0 Å². The summed E-state index contributed by atoms with van der Waals surface area (Å²) in [7, 11) is 1.68. The summed E-state index contributed by atoms with van der Waals surface area (Å²) in [6, 6.07) is 15.8. The van der Waals surface area contributed by atoms with Gasteiger partial charge in [-0.15, -0.1) is 0 Å². The van der Waals surface area contributed by atoms with E-state index in [0.717, 1.165) is 30.1 Å². The molecule has 0 aromatic heterocycles. The van der Waals surface area contributed by atoms with Gasteiger partial charge in [-0.3, -0.25) is 9.59 Å². The molecule has 30 heavy (non-hydrogen) atoms. The average Bonchev–Trinajstić information content (AvgIpc) is 3.15. The summed E-state index contributed by atoms with van der Waals surface area (Å²) in [5.41, 5.74) is 3.31. The zero-order valence-corrected chi connectivity index (χ0v) is 17.7. The van der Waals surface area contributed by atoms with E-state index in [1.165, 1.54) is 5.56 Å². The Balaban J connectivity index is 1.40. The Morgan fingerprint density at radius 2 is 1.73 bits per heavy atom. The highest BCUT2D eigenvalue weighted by Gasteiger charge is 2.39. The Kier molecular flexibility index (Phi) is 5.93. The molecule has 2 fully saturated rings. The fraction of sp³-hybridized carbons (Fsp3) is 0.417. The number of aryl methyl sites for hydroxylation is 1. The van der Waals surface area contributed by atoms with E-state index in [9.17, 15) is 9.59 Å². The molecule has 1 unspecified atom stereocenters. The molecule has 4 rings (SSSR count). The van der Waals surface area contributed by atoms with Crippen LogP contribution in [0.1, 0.15) is 24.0 Å². The van der Waals surface area contributed by atoms with Crippen molar-refractivity contribution in [2.45, 2.75) is 32.4 Å². The van der Waals surface area contributed by atoms with Crippen LogP contribution in [0, 0.1) is 6.92 Å². The SMILES string of the molecule is COc1ccccc1N1CCN(C(=O)C2CCC(=O)N2Cc2ccc(C)cc2)CC1. The van der Waals surface area contributed by atoms with E-state index in [0.29, 0.717) is 32.5 Å². The molecular formula is C24H29N3O3. The molecule has 0 spiro atoms. The summed E-state index contributed by atoms with van der Waals surface area (Å²) in [6.45, 7) is 5.36. The topological polar surface area (TPSA) is 53.1 Å². The molecule has 0 aliphatic carbocycles. The van der Waals surface area contributed by atoms with Gasteiger partial charge in [0, 0.05) is 39.1 Å². The highest BCUT2D eigenvalue weighted by Crippen LogP contribution is 2.29. The van der Waals surface area contributed by atoms with Gasteiger partial charge < -0.3 is 19.4 Å². The normalized spacial score (nSPS) is 19.3. The lowest BCUT2D eigenvalue weighted by molar-refractivity contribution is -0.142. The number of piperazine rings is 1. The maximum absolute atomic E-state index is 13.3. The van der Waals surface area contributed by atoms with Crippen LogP contribution in [0.15, 0.2) is 48.5 Å². The van der Waals surface area contributed by atoms with Crippen LogP contribution in [0.4, 0.5) is 5.69 Å². The second kappa shape index (κ2) is 8.78. The maximum Gasteiger partial charge on any atom is 0.245 e. The van der Waals surface area contributed by atoms with Crippen molar-refractivity contribution < 1.29 is 14.3 Å². The average molecular weight is 408 g/mol. The van der Waals surface area contributed by atoms with Gasteiger partial charge in [0.05, 0.1) is 12.8 Å². The first-order valence-electron chi connectivity index (χ1n) is 10.6. The number of rotatable bonds is 5. The van der Waals surface area contributed by atoms with Crippen LogP contribution in [0.3, 0.4) is 0 Å². The third-order valence-corrected chi connectivity index (χ3v) is 6.10. The summed E-state index contributed by atoms with van der Waals surface area (Å²) in [5.74, 6) is 0.997. The second-order valence-corrected chi connectivity index (χ2v) is 8.05. The summed E-state index contributed by atoms with van der Waals surface area (Å²) < 4.78 is 5.48. The number of benzene rings is 2. The molecule has 0 bridgehead atoms. The van der Waals surface area contributed by atoms with Crippen molar-refractivity contribution >= 4 is 17.5 Å². The number of anilines is 1. The lowest BCUT2D eigenvalue weighted by Gasteiger charge is -2.38. The van der Waals surface area contributed by atoms with Crippen LogP contribution in [0.2, 0.25) is 0 Å². The van der Waals surface area contributed by atoms with Crippen molar-refractivity contribution in [2.75, 3.05) is 38.2 Å². The van der Waals surface area contributed by atoms with Crippen molar-refractivity contribution in [2.24, 2.45) is 0 Å². The van der Waals surface area contributed by atoms with Gasteiger partial charge in [-0.2, -0.15) is 0 Å². The number of para-hydroxylation sites is 2. The van der Waals surface area contributed by atoms with Crippen LogP contribution >= 0.6 is 0 Å². The molecular weight excluding hydrogens is 378 g/mol. The van der Waals surface area contributed by atoms with E-state index in [1.54, 1.807) is 12.0 Å². The van der Waals surface area contributed by atoms with E-state index in [4.69, 9.17) is 4.74 Å². The number of likely N-dealkylation sites (tertiary alicyclic amines) is 1. The third-order valence-electron chi connectivity index (χ3n) is 6.10. The van der Waals surface area contributed by atoms with Crippen molar-refractivity contribution in [1.29, 1.82) is 0 Å². The van der Waals surface area contributed by atoms with Crippen molar-refractivity contribution in [3.05, 3.63) is 59.7 Å². The van der Waals surface area contributed by atoms with Gasteiger partial charge >= 0.3 is 0 Å². The van der Waals surface area contributed by atoms with Crippen molar-refractivity contribution in [3.63, 3.8) is 0 Å². The first kappa shape index (κ1) is 20.3. The van der Waals surface area contributed by atoms with Gasteiger partial charge in [-0.05, 0) is 31.0 Å². The summed E-state index contributed by atoms with van der Waals surface area (Å²) in [6.07, 6.45) is 1.06. The molecule has 158 valence electrons. The second-order valence-electron chi connectivity index (χ2n) is 8.05. The molecule has 0 saturated carbocycles. The number of hydrogen-bond donors (Lipinski definition) is 0. The zero-order valence-electron chi connectivity index (χ0n) is 17.7. The van der Waals surface area contributed by atoms with E-state index in [1.807, 2.05) is 54.3 Å². The third kappa shape index (κ3) is 4.13. The Bertz CT molecular complexity index is 904. The van der Waals surface area contributed by atoms with Crippen LogP contribution in [0.25, 0.3) is 0 Å². The Morgan fingerprint density at radius 3 is 2.43 bits per heavy atom. The Hall–Kier alpha value is -3.02. The van der Waals surface area contributed by atoms with Gasteiger partial charge in [0.2, 0.25) is 11.8 Å². The van der Waals surface area contributed by atoms with Crippen LogP contribution in [-0.2, 0) is 16.1 Å². The quantitative estimate of drug-likeness (QED) is 0.765. The minimum absolute atomic E-state index is 0.0709. The Morgan fingerprint density at radius 1 is 1.03 bits per heavy atom. The zero-order chi connectivity index (χ0) is 21.1. The minimum Gasteiger partial charge on any atom is -0.495 e. The van der Waals surface area contributed by atoms with Gasteiger partial charge in [0.15, 0.2) is 0 Å². The molecule has 6 nitrogen and oxygen atoms in total. The molecule has 2 aromatic carbocycles. The van der Waals surface area contributed by atoms with E-state index in [2.05, 4.69) is 11.0 Å². The molecule has 2 aliphatic heterocycles. The summed E-state index contributed by atoms with van der Waals surface area (Å²) in [5, 5.41) is 0. The van der Waals surface area contributed by atoms with Crippen molar-refractivity contribution in [3.8, 4) is 5.75 Å². The lowest BCUT2D eigenvalue weighted by Crippen LogP contribution is -2.54. The number of carbonyl (C=O) groups is 2. The molecule has 2 amide bonds. The van der Waals surface area contributed by atoms with E-state index < -0.39 is 0 Å². The van der Waals surface area contributed by atoms with Gasteiger partial charge in [0.25, 0.3) is 0 Å². The lowest BCUT2D eigenvalue weighted by atomic mass is 10.1. The van der Waals surface area contributed by atoms with Crippen LogP contribution < -0.4 is 9.64 Å². The predicted molar refractivity (Wildman–Crippen MR) is 117 cm³/mol. The van der Waals surface area contributed by atoms with E-state index in [-0.39, 0.29) is 17.9 Å². The molecule has 2 aromatic rings. The standard InChI is InChI=1S/C24H29N3O3/c1-18-7-9-19(10-8-18)17-27-21(11-12-23(27)28)24(29)26-15-13-25(14-16-26)20-5-3-4-6-22(20)30-2/h3-10,21H,11-17H2,1-2H3. The molecule has 6 heteroatoms. The fourth-order valence-corrected chi connectivity index (χ4v) is 4.35. The number of amides is 2. The monoisotopic (exact) mass is 407 g/mol. The van der Waals surface area contributed by atoms with Crippen molar-refractivity contribution in [1.82, 2.24) is 9.80 Å². The van der Waals surface area contributed by atoms with Gasteiger partial charge in [-0.1, -0.05) is 42.0 Å². The molecule has 2 heterocycles. The van der Waals surface area contributed by atoms with Crippen LogP contribution in [0.5, 0.6) is 5.75 Å². The number of carbonyl (C=O) groups excluding carboxylic acids is 2. The first-order valence-corrected chi connectivity index (χ1v) is 10.6. The highest BCUT2D eigenvalue weighted by atomic mass is 16.5. The number of hydrogen-bond acceptors (Lipinski definition) is 4. The maximum atomic E-state index is 13.3. The molecule has 0 N–H and O–H groups in total. The smallest absolute Gasteiger partial charge is 0.245 e. The summed E-state index contributed by atoms with van der Waals surface area (Å²) >= 11 is 0. The minimum atomic E-state index is -0.350. The Labute approximate surface area is 178 Å². The molecule has 0 radical (unpaired) electrons. The number of ether oxygens (including phenoxy) is 1. The fourth-order valence-electron chi connectivity index (χ4n) is 4.35. The molecule has 1 atom stereocenters. The number of nitrogens with zero attached hydrogens (tertiary/aromatic N) is 3. The first-order chi connectivity index (χ1) is 14.6. The van der Waals surface area contributed by atoms with Crippen LogP contribution in [-0.4, -0.2) is 60.9 Å². The summed E-state index contributed by atoms with van der Waals surface area (Å²) in [4.78, 5) is 31.7.